The van der Waals surface area contributed by atoms with Gasteiger partial charge in [0.05, 0.1) is 0 Å². The van der Waals surface area contributed by atoms with Gasteiger partial charge in [0, 0.05) is 33.0 Å². The summed E-state index contributed by atoms with van der Waals surface area (Å²) in [6, 6.07) is 0. The number of unbranched alkanes of at least 4 members (excludes halogenated alkanes) is 6. The molecule has 0 saturated carbocycles. The molecule has 0 amide bonds. The topological polar surface area (TPSA) is 18.5 Å². The molecule has 1 rings (SSSR count). The highest BCUT2D eigenvalue weighted by atomic mass is 16.7. The number of allylic oxidation sites excluding steroid dienone is 4. The maximum Gasteiger partial charge on any atom is 0.168 e. The van der Waals surface area contributed by atoms with Crippen LogP contribution in [0.4, 0.5) is 0 Å². The third-order valence-electron chi connectivity index (χ3n) is 4.28. The normalized spacial score (nSPS) is 15.3. The lowest BCUT2D eigenvalue weighted by Crippen LogP contribution is -2.35. The smallest absolute Gasteiger partial charge is 0.168 e. The quantitative estimate of drug-likeness (QED) is 0.359. The van der Waals surface area contributed by atoms with E-state index in [2.05, 4.69) is 31.2 Å². The fourth-order valence-electron chi connectivity index (χ4n) is 2.88. The Balaban J connectivity index is 2.23. The van der Waals surface area contributed by atoms with E-state index in [9.17, 15) is 0 Å². The summed E-state index contributed by atoms with van der Waals surface area (Å²) >= 11 is 0. The Labute approximate surface area is 125 Å². The lowest BCUT2D eigenvalue weighted by Gasteiger charge is -2.32. The van der Waals surface area contributed by atoms with Crippen molar-refractivity contribution in [2.75, 3.05) is 14.2 Å². The molecule has 2 heteroatoms. The first-order valence-corrected chi connectivity index (χ1v) is 8.21. The first kappa shape index (κ1) is 17.5. The molecule has 0 N–H and O–H groups in total. The van der Waals surface area contributed by atoms with Gasteiger partial charge in [0.1, 0.15) is 0 Å². The zero-order valence-corrected chi connectivity index (χ0v) is 13.6. The van der Waals surface area contributed by atoms with Gasteiger partial charge in [0.2, 0.25) is 0 Å². The maximum absolute atomic E-state index is 5.70. The molecule has 116 valence electrons. The van der Waals surface area contributed by atoms with E-state index in [1.165, 1.54) is 44.9 Å². The van der Waals surface area contributed by atoms with Crippen LogP contribution in [0.3, 0.4) is 0 Å². The molecule has 0 aromatic carbocycles. The van der Waals surface area contributed by atoms with E-state index >= 15 is 0 Å². The molecule has 0 spiro atoms. The average molecular weight is 280 g/mol. The van der Waals surface area contributed by atoms with Crippen molar-refractivity contribution in [3.63, 3.8) is 0 Å². The van der Waals surface area contributed by atoms with E-state index in [1.54, 1.807) is 14.2 Å². The summed E-state index contributed by atoms with van der Waals surface area (Å²) in [4.78, 5) is 0. The van der Waals surface area contributed by atoms with Crippen LogP contribution in [0.1, 0.15) is 64.7 Å². The van der Waals surface area contributed by atoms with Gasteiger partial charge >= 0.3 is 0 Å². The number of rotatable bonds is 12. The average Bonchev–Trinajstić information content (AvgIpc) is 2.98. The van der Waals surface area contributed by atoms with Gasteiger partial charge < -0.3 is 9.47 Å². The number of methoxy groups -OCH3 is 2. The van der Waals surface area contributed by atoms with E-state index in [0.29, 0.717) is 5.92 Å². The zero-order valence-electron chi connectivity index (χ0n) is 13.6. The van der Waals surface area contributed by atoms with Crippen LogP contribution in [0.2, 0.25) is 0 Å². The van der Waals surface area contributed by atoms with Crippen molar-refractivity contribution in [2.45, 2.75) is 70.5 Å². The molecule has 0 aromatic heterocycles. The predicted molar refractivity (Wildman–Crippen MR) is 85.7 cm³/mol. The van der Waals surface area contributed by atoms with Gasteiger partial charge in [0.15, 0.2) is 5.79 Å². The van der Waals surface area contributed by atoms with Gasteiger partial charge in [-0.15, -0.1) is 0 Å². The molecular weight excluding hydrogens is 248 g/mol. The van der Waals surface area contributed by atoms with Crippen LogP contribution in [-0.4, -0.2) is 20.0 Å². The van der Waals surface area contributed by atoms with Crippen LogP contribution in [0.15, 0.2) is 24.3 Å². The molecule has 1 aliphatic rings. The summed E-state index contributed by atoms with van der Waals surface area (Å²) < 4.78 is 11.4. The highest BCUT2D eigenvalue weighted by Crippen LogP contribution is 2.30. The van der Waals surface area contributed by atoms with Crippen molar-refractivity contribution >= 4 is 0 Å². The summed E-state index contributed by atoms with van der Waals surface area (Å²) in [6.07, 6.45) is 19.8. The van der Waals surface area contributed by atoms with E-state index in [-0.39, 0.29) is 0 Å². The second-order valence-corrected chi connectivity index (χ2v) is 5.83. The molecular formula is C18H32O2. The minimum Gasteiger partial charge on any atom is -0.353 e. The van der Waals surface area contributed by atoms with E-state index < -0.39 is 5.79 Å². The van der Waals surface area contributed by atoms with E-state index in [0.717, 1.165) is 12.8 Å². The Morgan fingerprint density at radius 2 is 1.40 bits per heavy atom. The monoisotopic (exact) mass is 280 g/mol. The van der Waals surface area contributed by atoms with Crippen LogP contribution >= 0.6 is 0 Å². The molecule has 0 radical (unpaired) electrons. The van der Waals surface area contributed by atoms with Crippen molar-refractivity contribution in [2.24, 2.45) is 5.92 Å². The first-order chi connectivity index (χ1) is 9.76. The number of hydrogen-bond acceptors (Lipinski definition) is 2. The summed E-state index contributed by atoms with van der Waals surface area (Å²) in [5.41, 5.74) is 0. The van der Waals surface area contributed by atoms with Crippen LogP contribution in [0, 0.1) is 5.92 Å². The van der Waals surface area contributed by atoms with Gasteiger partial charge in [-0.1, -0.05) is 69.8 Å². The van der Waals surface area contributed by atoms with Crippen molar-refractivity contribution in [1.82, 2.24) is 0 Å². The lowest BCUT2D eigenvalue weighted by atomic mass is 9.95. The zero-order chi connectivity index (χ0) is 14.7. The van der Waals surface area contributed by atoms with Crippen molar-refractivity contribution in [3.05, 3.63) is 24.3 Å². The van der Waals surface area contributed by atoms with E-state index in [1.807, 2.05) is 0 Å². The van der Waals surface area contributed by atoms with Gasteiger partial charge in [0.25, 0.3) is 0 Å². The largest absolute Gasteiger partial charge is 0.353 e. The molecule has 0 aromatic rings. The van der Waals surface area contributed by atoms with Gasteiger partial charge in [-0.05, 0) is 6.42 Å². The van der Waals surface area contributed by atoms with Gasteiger partial charge in [-0.3, -0.25) is 0 Å². The van der Waals surface area contributed by atoms with Crippen molar-refractivity contribution in [3.8, 4) is 0 Å². The molecule has 0 fully saturated rings. The molecule has 1 aliphatic carbocycles. The Kier molecular flexibility index (Phi) is 8.88. The summed E-state index contributed by atoms with van der Waals surface area (Å²) in [6.45, 7) is 2.26. The van der Waals surface area contributed by atoms with Crippen molar-refractivity contribution in [1.29, 1.82) is 0 Å². The third-order valence-corrected chi connectivity index (χ3v) is 4.28. The van der Waals surface area contributed by atoms with Crippen molar-refractivity contribution < 1.29 is 9.47 Å². The fraction of sp³-hybridized carbons (Fsp3) is 0.778. The van der Waals surface area contributed by atoms with Crippen LogP contribution in [0.25, 0.3) is 0 Å². The maximum atomic E-state index is 5.70. The second kappa shape index (κ2) is 10.2. The molecule has 0 aliphatic heterocycles. The van der Waals surface area contributed by atoms with Crippen LogP contribution in [-0.2, 0) is 9.47 Å². The minimum atomic E-state index is -0.410. The number of hydrogen-bond donors (Lipinski definition) is 0. The molecule has 20 heavy (non-hydrogen) atoms. The highest BCUT2D eigenvalue weighted by Gasteiger charge is 2.31. The van der Waals surface area contributed by atoms with Crippen LogP contribution in [0.5, 0.6) is 0 Å². The predicted octanol–water partition coefficient (Wildman–Crippen LogP) is 5.25. The summed E-state index contributed by atoms with van der Waals surface area (Å²) in [7, 11) is 3.54. The molecule has 0 atom stereocenters. The molecule has 0 unspecified atom stereocenters. The van der Waals surface area contributed by atoms with Gasteiger partial charge in [-0.2, -0.15) is 0 Å². The molecule has 2 nitrogen and oxygen atoms in total. The van der Waals surface area contributed by atoms with Gasteiger partial charge in [-0.25, -0.2) is 0 Å². The molecule has 0 saturated heterocycles. The molecule has 0 heterocycles. The standard InChI is InChI=1S/C18H32O2/c1-4-5-6-7-8-9-12-15-18(19-2,20-3)16-17-13-10-11-14-17/h10-11,13-14,17H,4-9,12,15-16H2,1-3H3. The SMILES string of the molecule is CCCCCCCCCC(CC1C=CC=C1)(OC)OC. The Morgan fingerprint density at radius 1 is 0.850 bits per heavy atom. The Morgan fingerprint density at radius 3 is 1.95 bits per heavy atom. The second-order valence-electron chi connectivity index (χ2n) is 5.83. The lowest BCUT2D eigenvalue weighted by molar-refractivity contribution is -0.218. The minimum absolute atomic E-state index is 0.410. The highest BCUT2D eigenvalue weighted by molar-refractivity contribution is 5.17. The number of ether oxygens (including phenoxy) is 2. The van der Waals surface area contributed by atoms with E-state index in [4.69, 9.17) is 9.47 Å². The summed E-state index contributed by atoms with van der Waals surface area (Å²) in [5, 5.41) is 0. The van der Waals surface area contributed by atoms with Crippen LogP contribution < -0.4 is 0 Å². The Bertz CT molecular complexity index is 278. The fourth-order valence-corrected chi connectivity index (χ4v) is 2.88. The first-order valence-electron chi connectivity index (χ1n) is 8.21. The third kappa shape index (κ3) is 6.23. The molecule has 0 bridgehead atoms. The Hall–Kier alpha value is -0.600. The summed E-state index contributed by atoms with van der Waals surface area (Å²) in [5.74, 6) is 0.0482.